The molecule has 0 bridgehead atoms. The molecule has 0 fully saturated rings. The third-order valence-corrected chi connectivity index (χ3v) is 4.50. The highest BCUT2D eigenvalue weighted by atomic mass is 79.9. The molecule has 0 aliphatic rings. The second kappa shape index (κ2) is 6.66. The summed E-state index contributed by atoms with van der Waals surface area (Å²) >= 11 is 5.36. The van der Waals surface area contributed by atoms with Crippen LogP contribution in [0.5, 0.6) is 0 Å². The van der Waals surface area contributed by atoms with E-state index in [-0.39, 0.29) is 0 Å². The Bertz CT molecular complexity index is 285. The molecule has 2 unspecified atom stereocenters. The van der Waals surface area contributed by atoms with E-state index in [0.717, 1.165) is 6.54 Å². The van der Waals surface area contributed by atoms with E-state index < -0.39 is 0 Å². The van der Waals surface area contributed by atoms with E-state index in [9.17, 15) is 0 Å². The summed E-state index contributed by atoms with van der Waals surface area (Å²) < 4.78 is 1.20. The van der Waals surface area contributed by atoms with Crippen LogP contribution in [0.1, 0.15) is 44.5 Å². The van der Waals surface area contributed by atoms with Gasteiger partial charge in [-0.15, -0.1) is 11.3 Å². The standard InChI is InChI=1S/C12H20BrNS/c1-4-6-14-12(9(3)5-2)11-7-10(13)8-15-11/h7-9,12,14H,4-6H2,1-3H3. The van der Waals surface area contributed by atoms with Gasteiger partial charge < -0.3 is 5.32 Å². The number of rotatable bonds is 6. The first-order valence-corrected chi connectivity index (χ1v) is 7.33. The Labute approximate surface area is 105 Å². The van der Waals surface area contributed by atoms with Crippen LogP contribution in [-0.4, -0.2) is 6.54 Å². The Balaban J connectivity index is 2.71. The van der Waals surface area contributed by atoms with Crippen LogP contribution in [0.25, 0.3) is 0 Å². The van der Waals surface area contributed by atoms with Gasteiger partial charge in [0.2, 0.25) is 0 Å². The van der Waals surface area contributed by atoms with Gasteiger partial charge in [0.15, 0.2) is 0 Å². The van der Waals surface area contributed by atoms with Crippen molar-refractivity contribution in [3.8, 4) is 0 Å². The molecular formula is C12H20BrNS. The summed E-state index contributed by atoms with van der Waals surface area (Å²) in [5.41, 5.74) is 0. The maximum absolute atomic E-state index is 3.64. The van der Waals surface area contributed by atoms with E-state index >= 15 is 0 Å². The normalized spacial score (nSPS) is 15.2. The Morgan fingerprint density at radius 2 is 2.20 bits per heavy atom. The topological polar surface area (TPSA) is 12.0 Å². The van der Waals surface area contributed by atoms with Crippen LogP contribution in [0.3, 0.4) is 0 Å². The van der Waals surface area contributed by atoms with Gasteiger partial charge in [0.05, 0.1) is 0 Å². The predicted octanol–water partition coefficient (Wildman–Crippen LogP) is 4.60. The van der Waals surface area contributed by atoms with E-state index in [1.807, 2.05) is 11.3 Å². The van der Waals surface area contributed by atoms with Crippen LogP contribution in [0.4, 0.5) is 0 Å². The lowest BCUT2D eigenvalue weighted by Crippen LogP contribution is -2.26. The minimum absolute atomic E-state index is 0.520. The van der Waals surface area contributed by atoms with Crippen molar-refractivity contribution in [1.29, 1.82) is 0 Å². The van der Waals surface area contributed by atoms with Crippen molar-refractivity contribution in [2.24, 2.45) is 5.92 Å². The molecule has 0 spiro atoms. The third kappa shape index (κ3) is 3.89. The fourth-order valence-corrected chi connectivity index (χ4v) is 3.26. The summed E-state index contributed by atoms with van der Waals surface area (Å²) in [4.78, 5) is 1.45. The summed E-state index contributed by atoms with van der Waals surface area (Å²) in [6, 6.07) is 2.76. The van der Waals surface area contributed by atoms with Crippen molar-refractivity contribution in [3.05, 3.63) is 20.8 Å². The van der Waals surface area contributed by atoms with Gasteiger partial charge in [0, 0.05) is 20.8 Å². The largest absolute Gasteiger partial charge is 0.309 e. The monoisotopic (exact) mass is 289 g/mol. The molecule has 0 aliphatic carbocycles. The molecular weight excluding hydrogens is 270 g/mol. The lowest BCUT2D eigenvalue weighted by atomic mass is 9.98. The maximum atomic E-state index is 3.64. The summed E-state index contributed by atoms with van der Waals surface area (Å²) in [5.74, 6) is 0.696. The molecule has 1 N–H and O–H groups in total. The molecule has 15 heavy (non-hydrogen) atoms. The predicted molar refractivity (Wildman–Crippen MR) is 72.5 cm³/mol. The van der Waals surface area contributed by atoms with Crippen molar-refractivity contribution < 1.29 is 0 Å². The highest BCUT2D eigenvalue weighted by Crippen LogP contribution is 2.31. The molecule has 0 aliphatic heterocycles. The minimum Gasteiger partial charge on any atom is -0.309 e. The molecule has 1 nitrogen and oxygen atoms in total. The number of nitrogens with one attached hydrogen (secondary N) is 1. The Hall–Kier alpha value is 0.140. The van der Waals surface area contributed by atoms with Gasteiger partial charge in [-0.05, 0) is 40.9 Å². The van der Waals surface area contributed by atoms with Crippen molar-refractivity contribution >= 4 is 27.3 Å². The fraction of sp³-hybridized carbons (Fsp3) is 0.667. The molecule has 2 atom stereocenters. The van der Waals surface area contributed by atoms with Crippen molar-refractivity contribution in [2.75, 3.05) is 6.54 Å². The first-order chi connectivity index (χ1) is 7.19. The molecule has 3 heteroatoms. The summed E-state index contributed by atoms with van der Waals surface area (Å²) in [6.07, 6.45) is 2.41. The Kier molecular flexibility index (Phi) is 5.87. The van der Waals surface area contributed by atoms with E-state index in [0.29, 0.717) is 12.0 Å². The van der Waals surface area contributed by atoms with E-state index in [2.05, 4.69) is 53.5 Å². The number of halogens is 1. The van der Waals surface area contributed by atoms with Gasteiger partial charge in [0.25, 0.3) is 0 Å². The van der Waals surface area contributed by atoms with Crippen LogP contribution in [0, 0.1) is 5.92 Å². The van der Waals surface area contributed by atoms with Crippen LogP contribution in [-0.2, 0) is 0 Å². The van der Waals surface area contributed by atoms with Crippen LogP contribution >= 0.6 is 27.3 Å². The van der Waals surface area contributed by atoms with Gasteiger partial charge >= 0.3 is 0 Å². The number of hydrogen-bond donors (Lipinski definition) is 1. The van der Waals surface area contributed by atoms with E-state index in [4.69, 9.17) is 0 Å². The highest BCUT2D eigenvalue weighted by molar-refractivity contribution is 9.10. The lowest BCUT2D eigenvalue weighted by molar-refractivity contribution is 0.382. The zero-order chi connectivity index (χ0) is 11.3. The zero-order valence-electron chi connectivity index (χ0n) is 9.72. The van der Waals surface area contributed by atoms with Gasteiger partial charge in [-0.3, -0.25) is 0 Å². The van der Waals surface area contributed by atoms with E-state index in [1.54, 1.807) is 0 Å². The average molecular weight is 290 g/mol. The van der Waals surface area contributed by atoms with Crippen LogP contribution in [0.15, 0.2) is 15.9 Å². The summed E-state index contributed by atoms with van der Waals surface area (Å²) in [5, 5.41) is 5.80. The molecule has 0 aromatic carbocycles. The number of thiophene rings is 1. The summed E-state index contributed by atoms with van der Waals surface area (Å²) in [7, 11) is 0. The Morgan fingerprint density at radius 1 is 1.47 bits per heavy atom. The van der Waals surface area contributed by atoms with Gasteiger partial charge in [-0.25, -0.2) is 0 Å². The maximum Gasteiger partial charge on any atom is 0.0441 e. The molecule has 1 rings (SSSR count). The van der Waals surface area contributed by atoms with Gasteiger partial charge in [-0.2, -0.15) is 0 Å². The summed E-state index contributed by atoms with van der Waals surface area (Å²) in [6.45, 7) is 7.89. The first-order valence-electron chi connectivity index (χ1n) is 5.66. The quantitative estimate of drug-likeness (QED) is 0.807. The molecule has 1 aromatic rings. The molecule has 0 saturated heterocycles. The second-order valence-corrected chi connectivity index (χ2v) is 5.84. The number of hydrogen-bond acceptors (Lipinski definition) is 2. The molecule has 86 valence electrons. The van der Waals surface area contributed by atoms with Crippen molar-refractivity contribution in [1.82, 2.24) is 5.32 Å². The molecule has 0 amide bonds. The lowest BCUT2D eigenvalue weighted by Gasteiger charge is -2.23. The fourth-order valence-electron chi connectivity index (χ4n) is 1.61. The Morgan fingerprint density at radius 3 is 2.67 bits per heavy atom. The van der Waals surface area contributed by atoms with Gasteiger partial charge in [0.1, 0.15) is 0 Å². The average Bonchev–Trinajstić information content (AvgIpc) is 2.65. The zero-order valence-corrected chi connectivity index (χ0v) is 12.1. The second-order valence-electron chi connectivity index (χ2n) is 3.98. The molecule has 1 heterocycles. The molecule has 0 radical (unpaired) electrons. The SMILES string of the molecule is CCCNC(c1cc(Br)cs1)C(C)CC. The highest BCUT2D eigenvalue weighted by Gasteiger charge is 2.18. The van der Waals surface area contributed by atoms with Crippen LogP contribution in [0.2, 0.25) is 0 Å². The minimum atomic E-state index is 0.520. The van der Waals surface area contributed by atoms with Crippen molar-refractivity contribution in [3.63, 3.8) is 0 Å². The van der Waals surface area contributed by atoms with Crippen molar-refractivity contribution in [2.45, 2.75) is 39.7 Å². The van der Waals surface area contributed by atoms with Crippen LogP contribution < -0.4 is 5.32 Å². The molecule has 1 aromatic heterocycles. The van der Waals surface area contributed by atoms with E-state index in [1.165, 1.54) is 22.2 Å². The first kappa shape index (κ1) is 13.2. The smallest absolute Gasteiger partial charge is 0.0441 e. The third-order valence-electron chi connectivity index (χ3n) is 2.72. The van der Waals surface area contributed by atoms with Gasteiger partial charge in [-0.1, -0.05) is 27.2 Å². The molecule has 0 saturated carbocycles.